The van der Waals surface area contributed by atoms with Gasteiger partial charge >= 0.3 is 0 Å². The monoisotopic (exact) mass is 272 g/mol. The lowest BCUT2D eigenvalue weighted by Gasteiger charge is -1.93. The Morgan fingerprint density at radius 1 is 1.50 bits per heavy atom. The van der Waals surface area contributed by atoms with Gasteiger partial charge < -0.3 is 4.57 Å². The van der Waals surface area contributed by atoms with Crippen LogP contribution in [-0.2, 0) is 7.05 Å². The molecule has 0 fully saturated rings. The van der Waals surface area contributed by atoms with Gasteiger partial charge in [0.15, 0.2) is 0 Å². The van der Waals surface area contributed by atoms with E-state index in [-0.39, 0.29) is 0 Å². The normalized spacial score (nSPS) is 9.50. The molecule has 0 unspecified atom stereocenters. The summed E-state index contributed by atoms with van der Waals surface area (Å²) in [6.45, 7) is 0. The van der Waals surface area contributed by atoms with Crippen LogP contribution in [-0.4, -0.2) is 9.55 Å². The number of hydrogen-bond acceptors (Lipinski definition) is 3. The van der Waals surface area contributed by atoms with Gasteiger partial charge in [-0.3, -0.25) is 0 Å². The highest BCUT2D eigenvalue weighted by Crippen LogP contribution is 2.25. The summed E-state index contributed by atoms with van der Waals surface area (Å²) in [6, 6.07) is 1.96. The summed E-state index contributed by atoms with van der Waals surface area (Å²) in [7, 11) is 1.93. The van der Waals surface area contributed by atoms with Crippen molar-refractivity contribution in [1.82, 2.24) is 9.55 Å². The fraction of sp³-hybridized carbons (Fsp3) is 0.125. The van der Waals surface area contributed by atoms with Gasteiger partial charge in [-0.25, -0.2) is 4.98 Å². The first-order valence-corrected chi connectivity index (χ1v) is 4.81. The molecule has 0 aliphatic carbocycles. The first-order chi connectivity index (χ1) is 6.68. The van der Waals surface area contributed by atoms with Gasteiger partial charge in [0.2, 0.25) is 0 Å². The Kier molecular flexibility index (Phi) is 3.44. The summed E-state index contributed by atoms with van der Waals surface area (Å²) in [6.07, 6.45) is 3.62. The minimum absolute atomic E-state index is 0.737. The van der Waals surface area contributed by atoms with Crippen molar-refractivity contribution in [3.8, 4) is 0 Å². The Morgan fingerprint density at radius 2 is 2.14 bits per heavy atom. The van der Waals surface area contributed by atoms with Gasteiger partial charge in [0.25, 0.3) is 0 Å². The molecule has 0 aromatic carbocycles. The summed E-state index contributed by atoms with van der Waals surface area (Å²) in [5.41, 5.74) is 0.906. The van der Waals surface area contributed by atoms with Crippen LogP contribution >= 0.6 is 27.5 Å². The van der Waals surface area contributed by atoms with E-state index in [0.29, 0.717) is 0 Å². The van der Waals surface area contributed by atoms with E-state index in [1.807, 2.05) is 23.9 Å². The molecule has 0 saturated heterocycles. The first-order valence-electron chi connectivity index (χ1n) is 3.64. The molecular formula is C8H6BrClN4. The van der Waals surface area contributed by atoms with Crippen molar-refractivity contribution in [1.29, 1.82) is 10.8 Å². The van der Waals surface area contributed by atoms with E-state index in [9.17, 15) is 0 Å². The lowest BCUT2D eigenvalue weighted by atomic mass is 10.3. The lowest BCUT2D eigenvalue weighted by molar-refractivity contribution is 0.948. The number of hydrogen-bond donors (Lipinski definition) is 0. The maximum absolute atomic E-state index is 6.00. The smallest absolute Gasteiger partial charge is 0.141 e. The highest BCUT2D eigenvalue weighted by atomic mass is 79.9. The predicted molar refractivity (Wildman–Crippen MR) is 56.9 cm³/mol. The third-order valence-corrected chi connectivity index (χ3v) is 2.47. The van der Waals surface area contributed by atoms with E-state index in [4.69, 9.17) is 22.4 Å². The molecule has 2 aromatic rings. The Hall–Kier alpha value is -1.12. The van der Waals surface area contributed by atoms with Crippen LogP contribution in [0, 0.1) is 10.8 Å². The van der Waals surface area contributed by atoms with Crippen LogP contribution in [0.5, 0.6) is 0 Å². The van der Waals surface area contributed by atoms with Gasteiger partial charge in [0.05, 0.1) is 5.02 Å². The SMILES string of the molecule is Cn1cc(Cl)c2cc(Br)cnc21.N#N. The fourth-order valence-electron chi connectivity index (χ4n) is 1.19. The number of pyridine rings is 1. The number of aryl methyl sites for hydroxylation is 1. The highest BCUT2D eigenvalue weighted by molar-refractivity contribution is 9.10. The van der Waals surface area contributed by atoms with Gasteiger partial charge in [-0.1, -0.05) is 11.6 Å². The molecule has 6 heteroatoms. The molecule has 0 saturated carbocycles. The molecule has 14 heavy (non-hydrogen) atoms. The minimum atomic E-state index is 0.737. The molecule has 0 N–H and O–H groups in total. The van der Waals surface area contributed by atoms with Crippen molar-refractivity contribution in [3.05, 3.63) is 28.0 Å². The fourth-order valence-corrected chi connectivity index (χ4v) is 1.81. The summed E-state index contributed by atoms with van der Waals surface area (Å²) < 4.78 is 2.85. The third kappa shape index (κ3) is 1.86. The topological polar surface area (TPSA) is 65.4 Å². The summed E-state index contributed by atoms with van der Waals surface area (Å²) >= 11 is 9.31. The second kappa shape index (κ2) is 4.40. The van der Waals surface area contributed by atoms with Crippen molar-refractivity contribution < 1.29 is 0 Å². The molecule has 0 radical (unpaired) electrons. The van der Waals surface area contributed by atoms with E-state index in [2.05, 4.69) is 20.9 Å². The third-order valence-electron chi connectivity index (χ3n) is 1.73. The zero-order chi connectivity index (χ0) is 10.7. The Bertz CT molecular complexity index is 477. The van der Waals surface area contributed by atoms with Crippen LogP contribution in [0.15, 0.2) is 22.9 Å². The van der Waals surface area contributed by atoms with E-state index in [1.165, 1.54) is 0 Å². The molecule has 2 aromatic heterocycles. The highest BCUT2D eigenvalue weighted by Gasteiger charge is 2.04. The second-order valence-corrected chi connectivity index (χ2v) is 3.94. The van der Waals surface area contributed by atoms with E-state index < -0.39 is 0 Å². The predicted octanol–water partition coefficient (Wildman–Crippen LogP) is 3.02. The van der Waals surface area contributed by atoms with Crippen LogP contribution in [0.4, 0.5) is 0 Å². The minimum Gasteiger partial charge on any atom is -0.334 e. The number of nitrogens with zero attached hydrogens (tertiary/aromatic N) is 4. The summed E-state index contributed by atoms with van der Waals surface area (Å²) in [5.74, 6) is 0. The van der Waals surface area contributed by atoms with Gasteiger partial charge in [-0.05, 0) is 22.0 Å². The quantitative estimate of drug-likeness (QED) is 0.693. The summed E-state index contributed by atoms with van der Waals surface area (Å²) in [5, 5.41) is 13.7. The molecule has 4 nitrogen and oxygen atoms in total. The van der Waals surface area contributed by atoms with Crippen LogP contribution in [0.25, 0.3) is 11.0 Å². The van der Waals surface area contributed by atoms with Crippen LogP contribution in [0.3, 0.4) is 0 Å². The Balaban J connectivity index is 0.000000461. The zero-order valence-corrected chi connectivity index (χ0v) is 9.62. The van der Waals surface area contributed by atoms with E-state index >= 15 is 0 Å². The lowest BCUT2D eigenvalue weighted by Crippen LogP contribution is -1.86. The molecule has 0 atom stereocenters. The number of aromatic nitrogens is 2. The maximum atomic E-state index is 6.00. The zero-order valence-electron chi connectivity index (χ0n) is 7.28. The van der Waals surface area contributed by atoms with E-state index in [1.54, 1.807) is 6.20 Å². The largest absolute Gasteiger partial charge is 0.334 e. The van der Waals surface area contributed by atoms with Gasteiger partial charge in [-0.15, -0.1) is 0 Å². The molecule has 72 valence electrons. The number of rotatable bonds is 0. The van der Waals surface area contributed by atoms with E-state index in [0.717, 1.165) is 20.5 Å². The van der Waals surface area contributed by atoms with Crippen LogP contribution in [0.1, 0.15) is 0 Å². The van der Waals surface area contributed by atoms with Crippen molar-refractivity contribution in [2.24, 2.45) is 7.05 Å². The van der Waals surface area contributed by atoms with Crippen molar-refractivity contribution in [3.63, 3.8) is 0 Å². The molecule has 0 amide bonds. The van der Waals surface area contributed by atoms with Crippen LogP contribution < -0.4 is 0 Å². The van der Waals surface area contributed by atoms with Gasteiger partial charge in [0.1, 0.15) is 5.65 Å². The molecule has 0 spiro atoms. The second-order valence-electron chi connectivity index (χ2n) is 2.61. The van der Waals surface area contributed by atoms with Crippen molar-refractivity contribution in [2.75, 3.05) is 0 Å². The summed E-state index contributed by atoms with van der Waals surface area (Å²) in [4.78, 5) is 4.23. The van der Waals surface area contributed by atoms with Gasteiger partial charge in [0, 0.05) is 40.1 Å². The molecular weight excluding hydrogens is 267 g/mol. The average Bonchev–Trinajstić information content (AvgIpc) is 2.46. The van der Waals surface area contributed by atoms with Crippen molar-refractivity contribution in [2.45, 2.75) is 0 Å². The molecule has 0 aliphatic heterocycles. The van der Waals surface area contributed by atoms with Crippen molar-refractivity contribution >= 4 is 38.6 Å². The van der Waals surface area contributed by atoms with Crippen LogP contribution in [0.2, 0.25) is 5.02 Å². The number of fused-ring (bicyclic) bond motifs is 1. The average molecular weight is 274 g/mol. The maximum Gasteiger partial charge on any atom is 0.141 e. The molecule has 2 rings (SSSR count). The Morgan fingerprint density at radius 3 is 2.79 bits per heavy atom. The molecule has 0 aliphatic rings. The Labute approximate surface area is 94.0 Å². The molecule has 2 heterocycles. The standard InChI is InChI=1S/C8H6BrClN2.N2/c1-12-4-7(10)6-2-5(9)3-11-8(6)12;1-2/h2-4H,1H3;. The first kappa shape index (κ1) is 11.0. The molecule has 0 bridgehead atoms. The van der Waals surface area contributed by atoms with Gasteiger partial charge in [-0.2, -0.15) is 0 Å². The number of halogens is 2.